The molecular weight excluding hydrogens is 394 g/mol. The maximum atomic E-state index is 12.9. The summed E-state index contributed by atoms with van der Waals surface area (Å²) >= 11 is 0. The van der Waals surface area contributed by atoms with Crippen molar-refractivity contribution in [1.82, 2.24) is 4.72 Å². The molecule has 9 heteroatoms. The topological polar surface area (TPSA) is 102 Å². The lowest BCUT2D eigenvalue weighted by molar-refractivity contribution is -0.384. The predicted octanol–water partition coefficient (Wildman–Crippen LogP) is 3.21. The van der Waals surface area contributed by atoms with Gasteiger partial charge in [0.25, 0.3) is 5.69 Å². The molecule has 3 aliphatic rings. The first-order valence-electron chi connectivity index (χ1n) is 10.5. The number of benzene rings is 1. The first-order chi connectivity index (χ1) is 13.8. The second kappa shape index (κ2) is 8.20. The molecule has 0 bridgehead atoms. The standard InChI is InChI=1S/C20H29N3O5S/c1-14-5-7-15(8-6-14)21-29(26,27)16-9-10-17(19(13-16)23(24)25)22-11-12-28-20-4-2-3-18(20)22/h9-10,13-15,18,20-21H,2-8,11-12H2,1H3/t14?,15?,18-,20+/m1/s1. The van der Waals surface area contributed by atoms with E-state index < -0.39 is 14.9 Å². The van der Waals surface area contributed by atoms with Gasteiger partial charge in [-0.3, -0.25) is 10.1 Å². The minimum Gasteiger partial charge on any atom is -0.374 e. The Balaban J connectivity index is 1.59. The maximum absolute atomic E-state index is 12.9. The normalized spacial score (nSPS) is 30.2. The van der Waals surface area contributed by atoms with E-state index in [4.69, 9.17) is 4.74 Å². The number of ether oxygens (including phenoxy) is 1. The van der Waals surface area contributed by atoms with Crippen LogP contribution in [-0.4, -0.2) is 44.7 Å². The molecule has 1 saturated heterocycles. The Morgan fingerprint density at radius 1 is 1.17 bits per heavy atom. The average molecular weight is 424 g/mol. The second-order valence-corrected chi connectivity index (χ2v) is 10.3. The van der Waals surface area contributed by atoms with E-state index in [1.54, 1.807) is 6.07 Å². The van der Waals surface area contributed by atoms with Crippen LogP contribution in [0.5, 0.6) is 0 Å². The largest absolute Gasteiger partial charge is 0.374 e. The van der Waals surface area contributed by atoms with Gasteiger partial charge in [-0.15, -0.1) is 0 Å². The molecule has 1 aliphatic heterocycles. The van der Waals surface area contributed by atoms with Crippen LogP contribution >= 0.6 is 0 Å². The molecule has 160 valence electrons. The first-order valence-corrected chi connectivity index (χ1v) is 12.0. The van der Waals surface area contributed by atoms with Crippen LogP contribution in [-0.2, 0) is 14.8 Å². The number of nitrogens with one attached hydrogen (secondary N) is 1. The average Bonchev–Trinajstić information content (AvgIpc) is 3.18. The highest BCUT2D eigenvalue weighted by Crippen LogP contribution is 2.38. The van der Waals surface area contributed by atoms with Crippen LogP contribution in [0.15, 0.2) is 23.1 Å². The summed E-state index contributed by atoms with van der Waals surface area (Å²) in [6.45, 7) is 3.28. The van der Waals surface area contributed by atoms with Crippen molar-refractivity contribution >= 4 is 21.4 Å². The first kappa shape index (κ1) is 20.6. The zero-order valence-corrected chi connectivity index (χ0v) is 17.6. The van der Waals surface area contributed by atoms with Crippen molar-refractivity contribution in [3.63, 3.8) is 0 Å². The van der Waals surface area contributed by atoms with Crippen LogP contribution in [0, 0.1) is 16.0 Å². The molecule has 4 rings (SSSR count). The van der Waals surface area contributed by atoms with Gasteiger partial charge in [0.05, 0.1) is 28.6 Å². The smallest absolute Gasteiger partial charge is 0.293 e. The van der Waals surface area contributed by atoms with Gasteiger partial charge in [-0.1, -0.05) is 6.92 Å². The second-order valence-electron chi connectivity index (χ2n) is 8.59. The fraction of sp³-hybridized carbons (Fsp3) is 0.700. The zero-order valence-electron chi connectivity index (χ0n) is 16.7. The fourth-order valence-corrected chi connectivity index (χ4v) is 6.27. The number of anilines is 1. The molecule has 1 heterocycles. The summed E-state index contributed by atoms with van der Waals surface area (Å²) in [5.74, 6) is 0.615. The molecule has 2 aliphatic carbocycles. The van der Waals surface area contributed by atoms with Crippen LogP contribution in [0.25, 0.3) is 0 Å². The Kier molecular flexibility index (Phi) is 5.81. The van der Waals surface area contributed by atoms with E-state index in [0.29, 0.717) is 24.8 Å². The number of sulfonamides is 1. The zero-order chi connectivity index (χ0) is 20.6. The van der Waals surface area contributed by atoms with E-state index in [-0.39, 0.29) is 28.8 Å². The minimum atomic E-state index is -3.80. The number of nitrogens with zero attached hydrogens (tertiary/aromatic N) is 2. The number of hydrogen-bond acceptors (Lipinski definition) is 6. The van der Waals surface area contributed by atoms with Gasteiger partial charge < -0.3 is 9.64 Å². The Morgan fingerprint density at radius 2 is 1.93 bits per heavy atom. The quantitative estimate of drug-likeness (QED) is 0.576. The summed E-state index contributed by atoms with van der Waals surface area (Å²) in [5.41, 5.74) is 0.332. The van der Waals surface area contributed by atoms with Crippen molar-refractivity contribution in [1.29, 1.82) is 0 Å². The van der Waals surface area contributed by atoms with Gasteiger partial charge in [-0.2, -0.15) is 0 Å². The molecule has 8 nitrogen and oxygen atoms in total. The summed E-state index contributed by atoms with van der Waals surface area (Å²) < 4.78 is 34.3. The van der Waals surface area contributed by atoms with Crippen LogP contribution < -0.4 is 9.62 Å². The molecule has 29 heavy (non-hydrogen) atoms. The maximum Gasteiger partial charge on any atom is 0.293 e. The number of fused-ring (bicyclic) bond motifs is 1. The Labute approximate surface area is 171 Å². The molecule has 0 aromatic heterocycles. The van der Waals surface area contributed by atoms with Gasteiger partial charge >= 0.3 is 0 Å². The van der Waals surface area contributed by atoms with Gasteiger partial charge in [-0.25, -0.2) is 13.1 Å². The van der Waals surface area contributed by atoms with Crippen LogP contribution in [0.1, 0.15) is 51.9 Å². The van der Waals surface area contributed by atoms with Crippen molar-refractivity contribution in [2.45, 2.75) is 75.0 Å². The Bertz CT molecular complexity index is 867. The van der Waals surface area contributed by atoms with Crippen molar-refractivity contribution in [3.8, 4) is 0 Å². The molecule has 1 aromatic rings. The third-order valence-electron chi connectivity index (χ3n) is 6.58. The van der Waals surface area contributed by atoms with Gasteiger partial charge in [-0.05, 0) is 63.0 Å². The van der Waals surface area contributed by atoms with Gasteiger partial charge in [0.1, 0.15) is 5.69 Å². The minimum absolute atomic E-state index is 0.0391. The lowest BCUT2D eigenvalue weighted by atomic mass is 9.88. The molecule has 1 aromatic carbocycles. The fourth-order valence-electron chi connectivity index (χ4n) is 4.95. The van der Waals surface area contributed by atoms with E-state index in [0.717, 1.165) is 44.9 Å². The molecule has 0 amide bonds. The summed E-state index contributed by atoms with van der Waals surface area (Å²) in [6.07, 6.45) is 6.62. The number of nitro benzene ring substituents is 1. The lowest BCUT2D eigenvalue weighted by Crippen LogP contribution is -2.48. The highest BCUT2D eigenvalue weighted by molar-refractivity contribution is 7.89. The summed E-state index contributed by atoms with van der Waals surface area (Å²) in [4.78, 5) is 13.3. The summed E-state index contributed by atoms with van der Waals surface area (Å²) in [7, 11) is -3.80. The van der Waals surface area contributed by atoms with E-state index in [2.05, 4.69) is 11.6 Å². The molecule has 0 spiro atoms. The molecule has 3 fully saturated rings. The monoisotopic (exact) mass is 423 g/mol. The third-order valence-corrected chi connectivity index (χ3v) is 8.10. The highest BCUT2D eigenvalue weighted by atomic mass is 32.2. The number of nitro groups is 1. The van der Waals surface area contributed by atoms with Crippen molar-refractivity contribution in [2.75, 3.05) is 18.1 Å². The highest BCUT2D eigenvalue weighted by Gasteiger charge is 2.38. The third kappa shape index (κ3) is 4.27. The van der Waals surface area contributed by atoms with Gasteiger partial charge in [0.2, 0.25) is 10.0 Å². The predicted molar refractivity (Wildman–Crippen MR) is 110 cm³/mol. The Hall–Kier alpha value is -1.71. The molecule has 0 radical (unpaired) electrons. The van der Waals surface area contributed by atoms with Crippen molar-refractivity contribution in [2.24, 2.45) is 5.92 Å². The van der Waals surface area contributed by atoms with Crippen molar-refractivity contribution in [3.05, 3.63) is 28.3 Å². The molecule has 1 N–H and O–H groups in total. The van der Waals surface area contributed by atoms with Gasteiger partial charge in [0.15, 0.2) is 0 Å². The van der Waals surface area contributed by atoms with Crippen LogP contribution in [0.2, 0.25) is 0 Å². The number of rotatable bonds is 5. The number of morpholine rings is 1. The van der Waals surface area contributed by atoms with E-state index in [1.807, 2.05) is 4.90 Å². The van der Waals surface area contributed by atoms with Crippen molar-refractivity contribution < 1.29 is 18.1 Å². The van der Waals surface area contributed by atoms with Crippen LogP contribution in [0.4, 0.5) is 11.4 Å². The van der Waals surface area contributed by atoms with Gasteiger partial charge in [0, 0.05) is 18.7 Å². The lowest BCUT2D eigenvalue weighted by Gasteiger charge is -2.39. The van der Waals surface area contributed by atoms with Crippen LogP contribution in [0.3, 0.4) is 0 Å². The molecule has 2 saturated carbocycles. The van der Waals surface area contributed by atoms with E-state index in [1.165, 1.54) is 12.1 Å². The van der Waals surface area contributed by atoms with E-state index in [9.17, 15) is 18.5 Å². The SMILES string of the molecule is CC1CCC(NS(=O)(=O)c2ccc(N3CCO[C@H]4CCC[C@H]43)c([N+](=O)[O-])c2)CC1. The Morgan fingerprint density at radius 3 is 2.66 bits per heavy atom. The van der Waals surface area contributed by atoms with E-state index >= 15 is 0 Å². The summed E-state index contributed by atoms with van der Waals surface area (Å²) in [5, 5.41) is 11.8. The molecule has 0 unspecified atom stereocenters. The summed E-state index contributed by atoms with van der Waals surface area (Å²) in [6, 6.07) is 4.31. The molecule has 2 atom stereocenters. The number of hydrogen-bond donors (Lipinski definition) is 1. The molecular formula is C20H29N3O5S.